The normalized spacial score (nSPS) is 13.1. The molecule has 0 saturated heterocycles. The first kappa shape index (κ1) is 12.9. The van der Waals surface area contributed by atoms with E-state index in [9.17, 15) is 4.79 Å². The molecule has 0 aliphatic heterocycles. The number of nitrogens with two attached hydrogens (primary N) is 1. The van der Waals surface area contributed by atoms with Crippen molar-refractivity contribution in [3.63, 3.8) is 0 Å². The van der Waals surface area contributed by atoms with Gasteiger partial charge in [0, 0.05) is 13.1 Å². The molecule has 0 aromatic rings. The van der Waals surface area contributed by atoms with Gasteiger partial charge in [0.05, 0.1) is 17.5 Å². The van der Waals surface area contributed by atoms with Gasteiger partial charge in [-0.05, 0) is 27.7 Å². The zero-order chi connectivity index (χ0) is 11.4. The molecule has 0 heterocycles. The average Bonchev–Trinajstić information content (AvgIpc) is 2.11. The Balaban J connectivity index is 4.44. The van der Waals surface area contributed by atoms with Crippen LogP contribution in [0.4, 0.5) is 0 Å². The Hall–Kier alpha value is -1.08. The highest BCUT2D eigenvalue weighted by Crippen LogP contribution is 2.07. The number of carbonyl (C=O) groups excluding carboxylic acids is 1. The van der Waals surface area contributed by atoms with Crippen LogP contribution in [0.2, 0.25) is 0 Å². The van der Waals surface area contributed by atoms with Crippen LogP contribution in [0.15, 0.2) is 0 Å². The first-order valence-electron chi connectivity index (χ1n) is 4.80. The van der Waals surface area contributed by atoms with Crippen molar-refractivity contribution < 1.29 is 4.79 Å². The van der Waals surface area contributed by atoms with E-state index in [4.69, 9.17) is 11.0 Å². The monoisotopic (exact) mass is 197 g/mol. The van der Waals surface area contributed by atoms with Crippen LogP contribution in [0.25, 0.3) is 0 Å². The summed E-state index contributed by atoms with van der Waals surface area (Å²) in [6, 6.07) is 2.10. The van der Waals surface area contributed by atoms with Crippen molar-refractivity contribution in [2.45, 2.75) is 33.2 Å². The van der Waals surface area contributed by atoms with Crippen LogP contribution in [0.5, 0.6) is 0 Å². The van der Waals surface area contributed by atoms with Crippen LogP contribution < -0.4 is 5.73 Å². The molecule has 0 fully saturated rings. The molecule has 1 atom stereocenters. The molecule has 0 bridgehead atoms. The Labute approximate surface area is 85.7 Å². The second kappa shape index (κ2) is 4.97. The summed E-state index contributed by atoms with van der Waals surface area (Å²) in [5.74, 6) is -0.261. The Morgan fingerprint density at radius 1 is 1.64 bits per heavy atom. The molecule has 14 heavy (non-hydrogen) atoms. The SMILES string of the molecule is CCN(CC(C)C#N)C(=O)C(C)(C)N. The lowest BCUT2D eigenvalue weighted by molar-refractivity contribution is -0.135. The van der Waals surface area contributed by atoms with Gasteiger partial charge in [-0.2, -0.15) is 5.26 Å². The summed E-state index contributed by atoms with van der Waals surface area (Å²) in [4.78, 5) is 13.4. The quantitative estimate of drug-likeness (QED) is 0.722. The van der Waals surface area contributed by atoms with Gasteiger partial charge >= 0.3 is 0 Å². The molecule has 4 nitrogen and oxygen atoms in total. The summed E-state index contributed by atoms with van der Waals surface area (Å²) in [7, 11) is 0. The number of hydrogen-bond donors (Lipinski definition) is 1. The van der Waals surface area contributed by atoms with Crippen LogP contribution >= 0.6 is 0 Å². The fraction of sp³-hybridized carbons (Fsp3) is 0.800. The van der Waals surface area contributed by atoms with Crippen molar-refractivity contribution in [3.8, 4) is 6.07 Å². The van der Waals surface area contributed by atoms with Crippen LogP contribution in [0.1, 0.15) is 27.7 Å². The third-order valence-corrected chi connectivity index (χ3v) is 1.93. The van der Waals surface area contributed by atoms with E-state index in [1.807, 2.05) is 6.92 Å². The summed E-state index contributed by atoms with van der Waals surface area (Å²) in [6.07, 6.45) is 0. The van der Waals surface area contributed by atoms with E-state index >= 15 is 0 Å². The highest BCUT2D eigenvalue weighted by atomic mass is 16.2. The lowest BCUT2D eigenvalue weighted by Gasteiger charge is -2.29. The first-order chi connectivity index (χ1) is 6.32. The topological polar surface area (TPSA) is 70.1 Å². The maximum absolute atomic E-state index is 11.7. The minimum absolute atomic E-state index is 0.109. The van der Waals surface area contributed by atoms with Gasteiger partial charge in [0.1, 0.15) is 0 Å². The standard InChI is InChI=1S/C10H19N3O/c1-5-13(7-8(2)6-11)9(14)10(3,4)12/h8H,5,7,12H2,1-4H3. The molecule has 0 aliphatic carbocycles. The van der Waals surface area contributed by atoms with Crippen molar-refractivity contribution in [3.05, 3.63) is 0 Å². The minimum Gasteiger partial charge on any atom is -0.340 e. The molecule has 1 unspecified atom stereocenters. The molecular weight excluding hydrogens is 178 g/mol. The van der Waals surface area contributed by atoms with Gasteiger partial charge in [-0.15, -0.1) is 0 Å². The third kappa shape index (κ3) is 3.75. The first-order valence-corrected chi connectivity index (χ1v) is 4.80. The van der Waals surface area contributed by atoms with Crippen LogP contribution in [0.3, 0.4) is 0 Å². The number of carbonyl (C=O) groups is 1. The summed E-state index contributed by atoms with van der Waals surface area (Å²) in [6.45, 7) is 8.06. The van der Waals surface area contributed by atoms with Crippen molar-refractivity contribution in [1.29, 1.82) is 5.26 Å². The van der Waals surface area contributed by atoms with E-state index in [-0.39, 0.29) is 11.8 Å². The summed E-state index contributed by atoms with van der Waals surface area (Å²) < 4.78 is 0. The van der Waals surface area contributed by atoms with Gasteiger partial charge < -0.3 is 10.6 Å². The number of hydrogen-bond acceptors (Lipinski definition) is 3. The molecule has 0 spiro atoms. The highest BCUT2D eigenvalue weighted by molar-refractivity contribution is 5.85. The fourth-order valence-corrected chi connectivity index (χ4v) is 1.13. The van der Waals surface area contributed by atoms with E-state index in [0.29, 0.717) is 13.1 Å². The second-order valence-corrected chi connectivity index (χ2v) is 4.10. The maximum atomic E-state index is 11.7. The van der Waals surface area contributed by atoms with E-state index in [1.165, 1.54) is 0 Å². The Kier molecular flexibility index (Phi) is 4.58. The van der Waals surface area contributed by atoms with Gasteiger partial charge in [-0.3, -0.25) is 4.79 Å². The third-order valence-electron chi connectivity index (χ3n) is 1.93. The fourth-order valence-electron chi connectivity index (χ4n) is 1.13. The van der Waals surface area contributed by atoms with Gasteiger partial charge in [-0.25, -0.2) is 0 Å². The number of rotatable bonds is 4. The lowest BCUT2D eigenvalue weighted by Crippen LogP contribution is -2.52. The van der Waals surface area contributed by atoms with Crippen LogP contribution in [0, 0.1) is 17.2 Å². The van der Waals surface area contributed by atoms with Gasteiger partial charge in [0.2, 0.25) is 5.91 Å². The predicted octanol–water partition coefficient (Wildman–Crippen LogP) is 0.732. The number of likely N-dealkylation sites (N-methyl/N-ethyl adjacent to an activating group) is 1. The van der Waals surface area contributed by atoms with Gasteiger partial charge in [0.25, 0.3) is 0 Å². The molecular formula is C10H19N3O. The van der Waals surface area contributed by atoms with Crippen molar-refractivity contribution in [2.75, 3.05) is 13.1 Å². The van der Waals surface area contributed by atoms with E-state index in [0.717, 1.165) is 0 Å². The van der Waals surface area contributed by atoms with Gasteiger partial charge in [-0.1, -0.05) is 0 Å². The smallest absolute Gasteiger partial charge is 0.242 e. The lowest BCUT2D eigenvalue weighted by atomic mass is 10.0. The Bertz CT molecular complexity index is 237. The van der Waals surface area contributed by atoms with E-state index < -0.39 is 5.54 Å². The Morgan fingerprint density at radius 2 is 2.14 bits per heavy atom. The van der Waals surface area contributed by atoms with Crippen molar-refractivity contribution in [2.24, 2.45) is 11.7 Å². The van der Waals surface area contributed by atoms with E-state index in [1.54, 1.807) is 25.7 Å². The number of amides is 1. The zero-order valence-electron chi connectivity index (χ0n) is 9.37. The molecule has 0 aromatic heterocycles. The number of nitrogens with zero attached hydrogens (tertiary/aromatic N) is 2. The van der Waals surface area contributed by atoms with Gasteiger partial charge in [0.15, 0.2) is 0 Å². The van der Waals surface area contributed by atoms with Crippen LogP contribution in [-0.2, 0) is 4.79 Å². The minimum atomic E-state index is -0.856. The molecule has 1 amide bonds. The van der Waals surface area contributed by atoms with Crippen molar-refractivity contribution in [1.82, 2.24) is 4.90 Å². The zero-order valence-corrected chi connectivity index (χ0v) is 9.37. The molecule has 0 radical (unpaired) electrons. The highest BCUT2D eigenvalue weighted by Gasteiger charge is 2.27. The number of nitriles is 1. The average molecular weight is 197 g/mol. The molecule has 0 rings (SSSR count). The predicted molar refractivity (Wildman–Crippen MR) is 55.3 cm³/mol. The summed E-state index contributed by atoms with van der Waals surface area (Å²) in [5, 5.41) is 8.64. The van der Waals surface area contributed by atoms with Crippen LogP contribution in [-0.4, -0.2) is 29.4 Å². The Morgan fingerprint density at radius 3 is 2.43 bits per heavy atom. The summed E-state index contributed by atoms with van der Waals surface area (Å²) >= 11 is 0. The molecule has 2 N–H and O–H groups in total. The molecule has 0 aromatic carbocycles. The second-order valence-electron chi connectivity index (χ2n) is 4.10. The molecule has 4 heteroatoms. The largest absolute Gasteiger partial charge is 0.340 e. The molecule has 80 valence electrons. The van der Waals surface area contributed by atoms with Crippen molar-refractivity contribution >= 4 is 5.91 Å². The molecule has 0 aliphatic rings. The molecule has 0 saturated carbocycles. The van der Waals surface area contributed by atoms with E-state index in [2.05, 4.69) is 6.07 Å². The maximum Gasteiger partial charge on any atom is 0.242 e. The summed E-state index contributed by atoms with van der Waals surface area (Å²) in [5.41, 5.74) is 4.84.